The largest absolute Gasteiger partial charge is 0.501 e. The molecule has 0 saturated heterocycles. The molecule has 0 spiro atoms. The summed E-state index contributed by atoms with van der Waals surface area (Å²) < 4.78 is 22.5. The topological polar surface area (TPSA) is 54.0 Å². The molecule has 0 saturated carbocycles. The maximum Gasteiger partial charge on any atom is 0.501 e. The Balaban J connectivity index is 2.38. The Morgan fingerprint density at radius 1 is 1.00 bits per heavy atom. The van der Waals surface area contributed by atoms with E-state index in [9.17, 15) is 4.79 Å². The molecule has 0 aliphatic heterocycles. The summed E-state index contributed by atoms with van der Waals surface area (Å²) in [7, 11) is -2.65. The molecular weight excluding hydrogens is 324 g/mol. The van der Waals surface area contributed by atoms with Gasteiger partial charge in [-0.1, -0.05) is 30.3 Å². The number of benzene rings is 1. The van der Waals surface area contributed by atoms with Crippen LogP contribution in [0.3, 0.4) is 0 Å². The van der Waals surface area contributed by atoms with E-state index in [4.69, 9.17) is 18.0 Å². The van der Waals surface area contributed by atoms with Gasteiger partial charge in [0.2, 0.25) is 0 Å². The van der Waals surface area contributed by atoms with Crippen LogP contribution in [0.5, 0.6) is 0 Å². The molecule has 1 rings (SSSR count). The molecule has 0 amide bonds. The fourth-order valence-corrected chi connectivity index (χ4v) is 4.82. The average molecular weight is 353 g/mol. The van der Waals surface area contributed by atoms with Crippen molar-refractivity contribution in [2.24, 2.45) is 0 Å². The molecule has 0 atom stereocenters. The minimum atomic E-state index is -2.65. The van der Waals surface area contributed by atoms with Gasteiger partial charge in [0.15, 0.2) is 0 Å². The molecule has 6 heteroatoms. The molecular formula is C18H28O5Si. The van der Waals surface area contributed by atoms with Gasteiger partial charge in [0.25, 0.3) is 0 Å². The van der Waals surface area contributed by atoms with Crippen LogP contribution in [0.2, 0.25) is 6.04 Å². The van der Waals surface area contributed by atoms with Crippen molar-refractivity contribution in [2.45, 2.75) is 33.2 Å². The summed E-state index contributed by atoms with van der Waals surface area (Å²) in [6, 6.07) is 10.3. The van der Waals surface area contributed by atoms with Gasteiger partial charge in [-0.2, -0.15) is 0 Å². The third kappa shape index (κ3) is 7.87. The molecule has 1 aromatic rings. The molecule has 134 valence electrons. The molecule has 0 bridgehead atoms. The van der Waals surface area contributed by atoms with Gasteiger partial charge in [0.1, 0.15) is 0 Å². The second kappa shape index (κ2) is 12.0. The van der Waals surface area contributed by atoms with Gasteiger partial charge in [0, 0.05) is 31.9 Å². The molecule has 0 radical (unpaired) electrons. The van der Waals surface area contributed by atoms with Crippen molar-refractivity contribution in [3.8, 4) is 0 Å². The molecule has 24 heavy (non-hydrogen) atoms. The van der Waals surface area contributed by atoms with Crippen molar-refractivity contribution in [1.29, 1.82) is 0 Å². The Labute approximate surface area is 145 Å². The Morgan fingerprint density at radius 2 is 1.58 bits per heavy atom. The second-order valence-corrected chi connectivity index (χ2v) is 7.73. The normalized spacial score (nSPS) is 11.8. The van der Waals surface area contributed by atoms with Gasteiger partial charge >= 0.3 is 14.8 Å². The molecule has 0 aliphatic rings. The van der Waals surface area contributed by atoms with Crippen LogP contribution in [0.15, 0.2) is 36.4 Å². The van der Waals surface area contributed by atoms with E-state index in [1.807, 2.05) is 51.1 Å². The standard InChI is InChI=1S/C18H28O5Si/c1-4-21-24(22-5-2,23-6-3)16-10-15-20-18(19)14-13-17-11-8-7-9-12-17/h7-9,11-14H,4-6,10,15-16H2,1-3H3/b14-13+. The molecule has 5 nitrogen and oxygen atoms in total. The van der Waals surface area contributed by atoms with Crippen molar-refractivity contribution < 1.29 is 22.8 Å². The summed E-state index contributed by atoms with van der Waals surface area (Å²) >= 11 is 0. The summed E-state index contributed by atoms with van der Waals surface area (Å²) in [6.07, 6.45) is 3.83. The first-order valence-electron chi connectivity index (χ1n) is 8.47. The number of carbonyl (C=O) groups excluding carboxylic acids is 1. The highest BCUT2D eigenvalue weighted by Crippen LogP contribution is 2.18. The van der Waals surface area contributed by atoms with E-state index in [0.29, 0.717) is 38.9 Å². The van der Waals surface area contributed by atoms with E-state index in [1.165, 1.54) is 6.08 Å². The highest BCUT2D eigenvalue weighted by molar-refractivity contribution is 6.60. The Bertz CT molecular complexity index is 472. The van der Waals surface area contributed by atoms with Gasteiger partial charge in [-0.05, 0) is 38.8 Å². The van der Waals surface area contributed by atoms with E-state index in [0.717, 1.165) is 5.56 Å². The third-order valence-corrected chi connectivity index (χ3v) is 6.33. The van der Waals surface area contributed by atoms with Crippen LogP contribution in [0.25, 0.3) is 6.08 Å². The van der Waals surface area contributed by atoms with Crippen LogP contribution in [0.1, 0.15) is 32.8 Å². The molecule has 0 N–H and O–H groups in total. The summed E-state index contributed by atoms with van der Waals surface area (Å²) in [6.45, 7) is 7.74. The van der Waals surface area contributed by atoms with Crippen LogP contribution in [-0.2, 0) is 22.8 Å². The lowest BCUT2D eigenvalue weighted by Crippen LogP contribution is -2.46. The highest BCUT2D eigenvalue weighted by Gasteiger charge is 2.39. The predicted molar refractivity (Wildman–Crippen MR) is 96.5 cm³/mol. The zero-order valence-electron chi connectivity index (χ0n) is 14.8. The van der Waals surface area contributed by atoms with Gasteiger partial charge in [-0.3, -0.25) is 0 Å². The first-order chi connectivity index (χ1) is 11.7. The summed E-state index contributed by atoms with van der Waals surface area (Å²) in [4.78, 5) is 11.7. The minimum absolute atomic E-state index is 0.319. The molecule has 0 heterocycles. The first-order valence-corrected chi connectivity index (χ1v) is 10.4. The minimum Gasteiger partial charge on any atom is -0.463 e. The van der Waals surface area contributed by atoms with Crippen LogP contribution in [-0.4, -0.2) is 41.2 Å². The molecule has 0 fully saturated rings. The summed E-state index contributed by atoms with van der Waals surface area (Å²) in [5, 5.41) is 0. The lowest BCUT2D eigenvalue weighted by Gasteiger charge is -2.28. The van der Waals surface area contributed by atoms with Gasteiger partial charge in [0.05, 0.1) is 6.61 Å². The average Bonchev–Trinajstić information content (AvgIpc) is 2.59. The second-order valence-electron chi connectivity index (χ2n) is 5.00. The highest BCUT2D eigenvalue weighted by atomic mass is 28.4. The van der Waals surface area contributed by atoms with E-state index in [-0.39, 0.29) is 5.97 Å². The van der Waals surface area contributed by atoms with E-state index >= 15 is 0 Å². The van der Waals surface area contributed by atoms with Crippen molar-refractivity contribution in [3.63, 3.8) is 0 Å². The lowest BCUT2D eigenvalue weighted by molar-refractivity contribution is -0.137. The number of ether oxygens (including phenoxy) is 1. The number of hydrogen-bond donors (Lipinski definition) is 0. The Kier molecular flexibility index (Phi) is 10.3. The first kappa shape index (κ1) is 20.6. The van der Waals surface area contributed by atoms with Crippen molar-refractivity contribution >= 4 is 20.8 Å². The Hall–Kier alpha value is -1.47. The summed E-state index contributed by atoms with van der Waals surface area (Å²) in [5.41, 5.74) is 0.963. The zero-order valence-corrected chi connectivity index (χ0v) is 15.8. The van der Waals surface area contributed by atoms with Crippen molar-refractivity contribution in [3.05, 3.63) is 42.0 Å². The van der Waals surface area contributed by atoms with Gasteiger partial charge < -0.3 is 18.0 Å². The van der Waals surface area contributed by atoms with Crippen LogP contribution in [0.4, 0.5) is 0 Å². The molecule has 1 aromatic carbocycles. The summed E-state index contributed by atoms with van der Waals surface area (Å²) in [5.74, 6) is -0.352. The number of carbonyl (C=O) groups is 1. The fourth-order valence-electron chi connectivity index (χ4n) is 2.24. The van der Waals surface area contributed by atoms with Crippen LogP contribution in [0, 0.1) is 0 Å². The zero-order chi connectivity index (χ0) is 17.7. The fraction of sp³-hybridized carbons (Fsp3) is 0.500. The van der Waals surface area contributed by atoms with Gasteiger partial charge in [-0.25, -0.2) is 4.79 Å². The number of rotatable bonds is 12. The monoisotopic (exact) mass is 352 g/mol. The van der Waals surface area contributed by atoms with E-state index in [1.54, 1.807) is 6.08 Å². The third-order valence-electron chi connectivity index (χ3n) is 3.18. The quantitative estimate of drug-likeness (QED) is 0.249. The molecule has 0 aliphatic carbocycles. The van der Waals surface area contributed by atoms with Crippen molar-refractivity contribution in [1.82, 2.24) is 0 Å². The maximum atomic E-state index is 11.7. The Morgan fingerprint density at radius 3 is 2.12 bits per heavy atom. The van der Waals surface area contributed by atoms with Gasteiger partial charge in [-0.15, -0.1) is 0 Å². The molecule has 0 unspecified atom stereocenters. The van der Waals surface area contributed by atoms with E-state index < -0.39 is 8.80 Å². The lowest BCUT2D eigenvalue weighted by atomic mass is 10.2. The van der Waals surface area contributed by atoms with Crippen molar-refractivity contribution in [2.75, 3.05) is 26.4 Å². The SMILES string of the molecule is CCO[Si](CCCOC(=O)/C=C/c1ccccc1)(OCC)OCC. The smallest absolute Gasteiger partial charge is 0.463 e. The van der Waals surface area contributed by atoms with E-state index in [2.05, 4.69) is 0 Å². The number of hydrogen-bond acceptors (Lipinski definition) is 5. The van der Waals surface area contributed by atoms with Crippen LogP contribution < -0.4 is 0 Å². The van der Waals surface area contributed by atoms with Crippen LogP contribution >= 0.6 is 0 Å². The number of esters is 1. The molecule has 0 aromatic heterocycles. The predicted octanol–water partition coefficient (Wildman–Crippen LogP) is 3.68. The maximum absolute atomic E-state index is 11.7.